The van der Waals surface area contributed by atoms with Crippen LogP contribution in [0, 0.1) is 5.92 Å². The number of hydrogen-bond donors (Lipinski definition) is 1. The van der Waals surface area contributed by atoms with Crippen molar-refractivity contribution < 1.29 is 13.2 Å². The highest BCUT2D eigenvalue weighted by Gasteiger charge is 2.18. The normalized spacial score (nSPS) is 13.5. The highest BCUT2D eigenvalue weighted by atomic mass is 32.2. The molecule has 1 amide bonds. The molecule has 7 heteroatoms. The molecule has 2 heterocycles. The first-order valence-electron chi connectivity index (χ1n) is 13.2. The maximum Gasteiger partial charge on any atom is 0.251 e. The van der Waals surface area contributed by atoms with Crippen LogP contribution in [0.1, 0.15) is 59.9 Å². The van der Waals surface area contributed by atoms with Gasteiger partial charge < -0.3 is 10.2 Å². The van der Waals surface area contributed by atoms with Crippen molar-refractivity contribution in [2.24, 2.45) is 5.92 Å². The molecule has 37 heavy (non-hydrogen) atoms. The predicted octanol–water partition coefficient (Wildman–Crippen LogP) is 5.00. The first kappa shape index (κ1) is 26.9. The number of nitrogens with one attached hydrogen (secondary N) is 1. The number of carbonyl (C=O) groups is 1. The Morgan fingerprint density at radius 3 is 2.49 bits per heavy atom. The molecule has 0 aliphatic carbocycles. The third kappa shape index (κ3) is 6.98. The summed E-state index contributed by atoms with van der Waals surface area (Å²) < 4.78 is 23.8. The van der Waals surface area contributed by atoms with E-state index in [2.05, 4.69) is 47.2 Å². The van der Waals surface area contributed by atoms with Crippen molar-refractivity contribution in [1.82, 2.24) is 10.3 Å². The second kappa shape index (κ2) is 11.9. The van der Waals surface area contributed by atoms with Crippen LogP contribution in [-0.4, -0.2) is 38.2 Å². The zero-order valence-corrected chi connectivity index (χ0v) is 22.9. The molecule has 1 aliphatic heterocycles. The molecule has 0 radical (unpaired) electrons. The van der Waals surface area contributed by atoms with Crippen LogP contribution < -0.4 is 10.2 Å². The number of aryl methyl sites for hydroxylation is 1. The average Bonchev–Trinajstić information content (AvgIpc) is 2.90. The third-order valence-electron chi connectivity index (χ3n) is 6.86. The van der Waals surface area contributed by atoms with E-state index >= 15 is 0 Å². The van der Waals surface area contributed by atoms with Gasteiger partial charge in [0, 0.05) is 30.5 Å². The molecule has 1 N–H and O–H groups in total. The van der Waals surface area contributed by atoms with Crippen molar-refractivity contribution >= 4 is 21.4 Å². The number of fused-ring (bicyclic) bond motifs is 1. The molecule has 0 spiro atoms. The summed E-state index contributed by atoms with van der Waals surface area (Å²) in [4.78, 5) is 19.5. The van der Waals surface area contributed by atoms with Gasteiger partial charge in [0.05, 0.1) is 22.9 Å². The van der Waals surface area contributed by atoms with Gasteiger partial charge in [-0.1, -0.05) is 45.0 Å². The summed E-state index contributed by atoms with van der Waals surface area (Å²) in [6.07, 6.45) is 5.71. The van der Waals surface area contributed by atoms with Gasteiger partial charge in [-0.2, -0.15) is 0 Å². The van der Waals surface area contributed by atoms with Crippen molar-refractivity contribution in [3.63, 3.8) is 0 Å². The van der Waals surface area contributed by atoms with E-state index in [0.717, 1.165) is 32.4 Å². The lowest BCUT2D eigenvalue weighted by Crippen LogP contribution is -2.31. The van der Waals surface area contributed by atoms with Gasteiger partial charge in [-0.05, 0) is 78.6 Å². The van der Waals surface area contributed by atoms with Crippen LogP contribution in [0.3, 0.4) is 0 Å². The molecule has 0 fully saturated rings. The Bertz CT molecular complexity index is 1320. The molecule has 0 bridgehead atoms. The van der Waals surface area contributed by atoms with Crippen molar-refractivity contribution in [1.29, 1.82) is 0 Å². The Kier molecular flexibility index (Phi) is 8.64. The predicted molar refractivity (Wildman–Crippen MR) is 149 cm³/mol. The van der Waals surface area contributed by atoms with Crippen molar-refractivity contribution in [2.75, 3.05) is 23.7 Å². The van der Waals surface area contributed by atoms with Crippen molar-refractivity contribution in [3.8, 4) is 0 Å². The van der Waals surface area contributed by atoms with Gasteiger partial charge in [0.2, 0.25) is 0 Å². The largest absolute Gasteiger partial charge is 0.371 e. The number of pyridine rings is 1. The maximum atomic E-state index is 12.6. The van der Waals surface area contributed by atoms with Crippen LogP contribution in [0.5, 0.6) is 0 Å². The Morgan fingerprint density at radius 2 is 1.81 bits per heavy atom. The van der Waals surface area contributed by atoms with Crippen LogP contribution in [0.25, 0.3) is 0 Å². The Balaban J connectivity index is 1.31. The van der Waals surface area contributed by atoms with E-state index in [1.54, 1.807) is 13.0 Å². The first-order valence-corrected chi connectivity index (χ1v) is 14.8. The monoisotopic (exact) mass is 519 g/mol. The molecule has 0 saturated heterocycles. The maximum absolute atomic E-state index is 12.6. The summed E-state index contributed by atoms with van der Waals surface area (Å²) in [6, 6.07) is 17.9. The molecule has 0 atom stereocenters. The lowest BCUT2D eigenvalue weighted by molar-refractivity contribution is 0.0950. The van der Waals surface area contributed by atoms with Crippen molar-refractivity contribution in [3.05, 3.63) is 88.7 Å². The van der Waals surface area contributed by atoms with Crippen LogP contribution in [-0.2, 0) is 35.6 Å². The number of aromatic nitrogens is 1. The van der Waals surface area contributed by atoms with E-state index in [4.69, 9.17) is 0 Å². The van der Waals surface area contributed by atoms with Gasteiger partial charge in [-0.25, -0.2) is 8.42 Å². The number of amides is 1. The molecule has 2 aromatic carbocycles. The van der Waals surface area contributed by atoms with E-state index in [-0.39, 0.29) is 23.1 Å². The number of carbonyl (C=O) groups excluding carboxylic acids is 1. The summed E-state index contributed by atoms with van der Waals surface area (Å²) in [7, 11) is -3.28. The summed E-state index contributed by atoms with van der Waals surface area (Å²) in [5, 5.41) is 2.86. The summed E-state index contributed by atoms with van der Waals surface area (Å²) >= 11 is 0. The minimum Gasteiger partial charge on any atom is -0.371 e. The van der Waals surface area contributed by atoms with Gasteiger partial charge in [-0.15, -0.1) is 0 Å². The minimum atomic E-state index is -3.28. The van der Waals surface area contributed by atoms with Gasteiger partial charge in [0.25, 0.3) is 5.91 Å². The van der Waals surface area contributed by atoms with Gasteiger partial charge in [0.15, 0.2) is 9.84 Å². The van der Waals surface area contributed by atoms with Crippen LogP contribution >= 0.6 is 0 Å². The lowest BCUT2D eigenvalue weighted by Gasteiger charge is -2.32. The molecule has 4 rings (SSSR count). The quantitative estimate of drug-likeness (QED) is 0.408. The van der Waals surface area contributed by atoms with E-state index in [1.807, 2.05) is 24.3 Å². The molecule has 0 unspecified atom stereocenters. The molecular formula is C30H37N3O3S. The van der Waals surface area contributed by atoms with E-state index in [0.29, 0.717) is 17.2 Å². The highest BCUT2D eigenvalue weighted by molar-refractivity contribution is 7.91. The molecule has 0 saturated carbocycles. The summed E-state index contributed by atoms with van der Waals surface area (Å²) in [5.41, 5.74) is 6.65. The highest BCUT2D eigenvalue weighted by Crippen LogP contribution is 2.29. The Labute approximate surface area is 221 Å². The number of nitrogens with zero attached hydrogens (tertiary/aromatic N) is 2. The molecule has 1 aromatic heterocycles. The Hall–Kier alpha value is -3.19. The Morgan fingerprint density at radius 1 is 1.05 bits per heavy atom. The second-order valence-electron chi connectivity index (χ2n) is 10.2. The SMILES string of the molecule is CCS(=O)(=O)c1ccc(CNC(=O)c2ccc(CCN3CCCc4ccc(CC(C)C)cc43)cc2)nc1. The fraction of sp³-hybridized carbons (Fsp3) is 0.400. The summed E-state index contributed by atoms with van der Waals surface area (Å²) in [6.45, 7) is 8.40. The third-order valence-corrected chi connectivity index (χ3v) is 8.58. The fourth-order valence-corrected chi connectivity index (χ4v) is 5.57. The standard InChI is InChI=1S/C30H37N3O3S/c1-4-37(35,36)28-14-13-27(31-21-28)20-32-30(34)26-11-7-23(8-12-26)15-17-33-16-5-6-25-10-9-24(18-22(2)3)19-29(25)33/h7-14,19,21-22H,4-6,15-18,20H2,1-3H3,(H,32,34). The van der Waals surface area contributed by atoms with Gasteiger partial charge in [-0.3, -0.25) is 9.78 Å². The number of anilines is 1. The minimum absolute atomic E-state index is 0.0330. The van der Waals surface area contributed by atoms with Crippen LogP contribution in [0.15, 0.2) is 65.7 Å². The van der Waals surface area contributed by atoms with E-state index in [1.165, 1.54) is 41.1 Å². The number of rotatable bonds is 10. The number of sulfone groups is 1. The van der Waals surface area contributed by atoms with Crippen LogP contribution in [0.2, 0.25) is 0 Å². The molecule has 3 aromatic rings. The van der Waals surface area contributed by atoms with Crippen LogP contribution in [0.4, 0.5) is 5.69 Å². The fourth-order valence-electron chi connectivity index (χ4n) is 4.75. The molecule has 196 valence electrons. The smallest absolute Gasteiger partial charge is 0.251 e. The molecule has 1 aliphatic rings. The zero-order chi connectivity index (χ0) is 26.4. The van der Waals surface area contributed by atoms with Crippen molar-refractivity contribution in [2.45, 2.75) is 57.9 Å². The van der Waals surface area contributed by atoms with Gasteiger partial charge >= 0.3 is 0 Å². The number of hydrogen-bond acceptors (Lipinski definition) is 5. The van der Waals surface area contributed by atoms with E-state index in [9.17, 15) is 13.2 Å². The first-order chi connectivity index (χ1) is 17.7. The zero-order valence-electron chi connectivity index (χ0n) is 22.0. The second-order valence-corrected chi connectivity index (χ2v) is 12.4. The number of benzene rings is 2. The van der Waals surface area contributed by atoms with Gasteiger partial charge in [0.1, 0.15) is 0 Å². The molecule has 6 nitrogen and oxygen atoms in total. The van der Waals surface area contributed by atoms with E-state index < -0.39 is 9.84 Å². The summed E-state index contributed by atoms with van der Waals surface area (Å²) in [5.74, 6) is 0.499. The molecular weight excluding hydrogens is 482 g/mol. The average molecular weight is 520 g/mol. The lowest BCUT2D eigenvalue weighted by atomic mass is 9.95. The topological polar surface area (TPSA) is 79.4 Å².